The van der Waals surface area contributed by atoms with E-state index >= 15 is 0 Å². The van der Waals surface area contributed by atoms with Crippen molar-refractivity contribution in [2.45, 2.75) is 32.2 Å². The van der Waals surface area contributed by atoms with Gasteiger partial charge in [0.2, 0.25) is 0 Å². The molecule has 2 fully saturated rings. The van der Waals surface area contributed by atoms with Crippen LogP contribution in [0.2, 0.25) is 0 Å². The summed E-state index contributed by atoms with van der Waals surface area (Å²) < 4.78 is 5.46. The van der Waals surface area contributed by atoms with Gasteiger partial charge in [0.05, 0.1) is 36.5 Å². The lowest BCUT2D eigenvalue weighted by atomic mass is 10.1. The molecule has 0 unspecified atom stereocenters. The van der Waals surface area contributed by atoms with Crippen molar-refractivity contribution >= 4 is 34.8 Å². The molecule has 2 saturated heterocycles. The number of rotatable bonds is 10. The Balaban J connectivity index is 1.22. The van der Waals surface area contributed by atoms with Crippen LogP contribution in [0.25, 0.3) is 0 Å². The number of hydrogen-bond acceptors (Lipinski definition) is 8. The molecule has 5 rings (SSSR count). The van der Waals surface area contributed by atoms with Crippen LogP contribution in [-0.2, 0) is 11.3 Å². The maximum absolute atomic E-state index is 13.4. The van der Waals surface area contributed by atoms with Crippen LogP contribution in [-0.4, -0.2) is 84.2 Å². The minimum absolute atomic E-state index is 0.203. The fourth-order valence-corrected chi connectivity index (χ4v) is 5.20. The summed E-state index contributed by atoms with van der Waals surface area (Å²) >= 11 is 0. The van der Waals surface area contributed by atoms with Crippen LogP contribution in [0.3, 0.4) is 0 Å². The van der Waals surface area contributed by atoms with Crippen LogP contribution in [0.4, 0.5) is 27.7 Å². The Hall–Kier alpha value is -4.22. The van der Waals surface area contributed by atoms with E-state index in [0.717, 1.165) is 63.7 Å². The quantitative estimate of drug-likeness (QED) is 0.310. The van der Waals surface area contributed by atoms with Gasteiger partial charge in [-0.3, -0.25) is 14.7 Å². The third kappa shape index (κ3) is 8.17. The van der Waals surface area contributed by atoms with E-state index in [1.165, 1.54) is 19.3 Å². The van der Waals surface area contributed by atoms with Crippen LogP contribution in [0, 0.1) is 0 Å². The number of carbonyl (C=O) groups excluding carboxylic acids is 2. The van der Waals surface area contributed by atoms with E-state index in [1.54, 1.807) is 41.6 Å². The molecule has 0 aliphatic carbocycles. The van der Waals surface area contributed by atoms with Gasteiger partial charge in [0.1, 0.15) is 11.5 Å². The lowest BCUT2D eigenvalue weighted by Crippen LogP contribution is -2.40. The lowest BCUT2D eigenvalue weighted by molar-refractivity contribution is 0.0365. The number of aromatic nitrogens is 2. The van der Waals surface area contributed by atoms with E-state index in [2.05, 4.69) is 30.4 Å². The summed E-state index contributed by atoms with van der Waals surface area (Å²) in [7, 11) is 0. The second kappa shape index (κ2) is 14.6. The van der Waals surface area contributed by atoms with E-state index in [4.69, 9.17) is 10.5 Å². The molecular weight excluding hydrogens is 532 g/mol. The molecule has 0 spiro atoms. The Labute approximate surface area is 247 Å². The number of morpholine rings is 1. The molecule has 3 amide bonds. The molecule has 0 atom stereocenters. The van der Waals surface area contributed by atoms with Crippen LogP contribution < -0.4 is 21.3 Å². The van der Waals surface area contributed by atoms with Gasteiger partial charge in [-0.1, -0.05) is 18.2 Å². The largest absolute Gasteiger partial charge is 0.397 e. The Kier molecular flexibility index (Phi) is 10.2. The maximum Gasteiger partial charge on any atom is 0.322 e. The third-order valence-corrected chi connectivity index (χ3v) is 7.61. The number of nitrogen functional groups attached to an aromatic ring is 1. The number of ether oxygens (including phenoxy) is 1. The fraction of sp³-hybridized carbons (Fsp3) is 0.419. The fourth-order valence-electron chi connectivity index (χ4n) is 5.20. The van der Waals surface area contributed by atoms with E-state index in [0.29, 0.717) is 30.2 Å². The smallest absolute Gasteiger partial charge is 0.322 e. The number of amides is 3. The van der Waals surface area contributed by atoms with Crippen molar-refractivity contribution in [2.24, 2.45) is 0 Å². The van der Waals surface area contributed by atoms with Gasteiger partial charge < -0.3 is 30.9 Å². The zero-order chi connectivity index (χ0) is 29.1. The number of pyridine rings is 2. The first-order valence-electron chi connectivity index (χ1n) is 14.7. The standard InChI is InChI=1S/C31H40N8O3/c32-26-7-2-3-8-27(26)36-30(40)28-11-9-24(21-33-28)23-39(16-6-13-37-17-19-42-20-18-37)31(41)35-25-10-12-29(34-22-25)38-14-4-1-5-15-38/h2-3,7-12,21-22H,1,4-6,13-20,23,32H2,(H,35,41)(H,36,40). The minimum atomic E-state index is -0.347. The highest BCUT2D eigenvalue weighted by molar-refractivity contribution is 6.04. The van der Waals surface area contributed by atoms with Gasteiger partial charge in [-0.2, -0.15) is 0 Å². The van der Waals surface area contributed by atoms with Crippen molar-refractivity contribution in [2.75, 3.05) is 73.7 Å². The molecule has 2 aliphatic rings. The number of piperidine rings is 1. The van der Waals surface area contributed by atoms with Crippen molar-refractivity contribution in [3.8, 4) is 0 Å². The molecule has 0 bridgehead atoms. The topological polar surface area (TPSA) is 129 Å². The summed E-state index contributed by atoms with van der Waals surface area (Å²) in [6.07, 6.45) is 7.82. The monoisotopic (exact) mass is 572 g/mol. The molecule has 2 aromatic heterocycles. The maximum atomic E-state index is 13.4. The van der Waals surface area contributed by atoms with Gasteiger partial charge in [0.15, 0.2) is 0 Å². The molecule has 0 saturated carbocycles. The van der Waals surface area contributed by atoms with E-state index in [-0.39, 0.29) is 17.6 Å². The van der Waals surface area contributed by atoms with Crippen molar-refractivity contribution in [3.63, 3.8) is 0 Å². The number of nitrogens with one attached hydrogen (secondary N) is 2. The highest BCUT2D eigenvalue weighted by atomic mass is 16.5. The summed E-state index contributed by atoms with van der Waals surface area (Å²) in [4.78, 5) is 41.5. The Morgan fingerprint density at radius 3 is 2.43 bits per heavy atom. The minimum Gasteiger partial charge on any atom is -0.397 e. The number of nitrogens with zero attached hydrogens (tertiary/aromatic N) is 5. The van der Waals surface area contributed by atoms with Gasteiger partial charge in [-0.05, 0) is 61.6 Å². The number of urea groups is 1. The average molecular weight is 573 g/mol. The molecule has 222 valence electrons. The summed E-state index contributed by atoms with van der Waals surface area (Å²) in [5.41, 5.74) is 8.72. The van der Waals surface area contributed by atoms with Crippen molar-refractivity contribution in [1.82, 2.24) is 19.8 Å². The summed E-state index contributed by atoms with van der Waals surface area (Å²) in [5, 5.41) is 5.81. The highest BCUT2D eigenvalue weighted by Gasteiger charge is 2.18. The summed E-state index contributed by atoms with van der Waals surface area (Å²) in [6, 6.07) is 14.3. The van der Waals surface area contributed by atoms with E-state index in [9.17, 15) is 9.59 Å². The van der Waals surface area contributed by atoms with Gasteiger partial charge in [-0.15, -0.1) is 0 Å². The summed E-state index contributed by atoms with van der Waals surface area (Å²) in [6.45, 7) is 7.15. The van der Waals surface area contributed by atoms with Crippen molar-refractivity contribution in [3.05, 3.63) is 72.2 Å². The Bertz CT molecular complexity index is 1310. The van der Waals surface area contributed by atoms with Crippen LogP contribution in [0.5, 0.6) is 0 Å². The van der Waals surface area contributed by atoms with Crippen LogP contribution >= 0.6 is 0 Å². The van der Waals surface area contributed by atoms with Crippen LogP contribution in [0.1, 0.15) is 41.7 Å². The Morgan fingerprint density at radius 1 is 0.905 bits per heavy atom. The molecule has 2 aliphatic heterocycles. The predicted molar refractivity (Wildman–Crippen MR) is 165 cm³/mol. The van der Waals surface area contributed by atoms with E-state index in [1.807, 2.05) is 24.3 Å². The number of hydrogen-bond donors (Lipinski definition) is 3. The first-order valence-corrected chi connectivity index (χ1v) is 14.7. The average Bonchev–Trinajstić information content (AvgIpc) is 3.03. The van der Waals surface area contributed by atoms with Gasteiger partial charge in [0.25, 0.3) is 5.91 Å². The van der Waals surface area contributed by atoms with Crippen molar-refractivity contribution < 1.29 is 14.3 Å². The molecule has 4 heterocycles. The number of nitrogens with two attached hydrogens (primary N) is 1. The second-order valence-electron chi connectivity index (χ2n) is 10.7. The predicted octanol–water partition coefficient (Wildman–Crippen LogP) is 4.06. The van der Waals surface area contributed by atoms with Crippen LogP contribution in [0.15, 0.2) is 60.9 Å². The molecule has 42 heavy (non-hydrogen) atoms. The second-order valence-corrected chi connectivity index (χ2v) is 10.7. The molecule has 0 radical (unpaired) electrons. The first kappa shape index (κ1) is 29.3. The van der Waals surface area contributed by atoms with Gasteiger partial charge in [0, 0.05) is 52.0 Å². The third-order valence-electron chi connectivity index (χ3n) is 7.61. The SMILES string of the molecule is Nc1ccccc1NC(=O)c1ccc(CN(CCCN2CCOCC2)C(=O)Nc2ccc(N3CCCCC3)nc2)cn1. The first-order chi connectivity index (χ1) is 20.5. The highest BCUT2D eigenvalue weighted by Crippen LogP contribution is 2.20. The number of anilines is 4. The number of carbonyl (C=O) groups is 2. The zero-order valence-corrected chi connectivity index (χ0v) is 24.0. The lowest BCUT2D eigenvalue weighted by Gasteiger charge is -2.29. The molecule has 1 aromatic carbocycles. The molecule has 11 nitrogen and oxygen atoms in total. The molecule has 3 aromatic rings. The number of para-hydroxylation sites is 2. The normalized spacial score (nSPS) is 15.7. The van der Waals surface area contributed by atoms with E-state index < -0.39 is 0 Å². The van der Waals surface area contributed by atoms with Gasteiger partial charge >= 0.3 is 6.03 Å². The molecular formula is C31H40N8O3. The molecule has 11 heteroatoms. The van der Waals surface area contributed by atoms with Crippen molar-refractivity contribution in [1.29, 1.82) is 0 Å². The number of benzene rings is 1. The van der Waals surface area contributed by atoms with Gasteiger partial charge in [-0.25, -0.2) is 9.78 Å². The zero-order valence-electron chi connectivity index (χ0n) is 24.0. The Morgan fingerprint density at radius 2 is 1.71 bits per heavy atom. The molecule has 4 N–H and O–H groups in total. The summed E-state index contributed by atoms with van der Waals surface area (Å²) in [5.74, 6) is 0.597.